The molecule has 0 aliphatic rings. The van der Waals surface area contributed by atoms with E-state index >= 15 is 0 Å². The summed E-state index contributed by atoms with van der Waals surface area (Å²) in [7, 11) is -0.0398. The van der Waals surface area contributed by atoms with Crippen molar-refractivity contribution in [2.75, 3.05) is 33.3 Å². The number of hydrogen-bond acceptors (Lipinski definition) is 4. The molecule has 0 unspecified atom stereocenters. The van der Waals surface area contributed by atoms with Gasteiger partial charge in [-0.15, -0.1) is 0 Å². The fourth-order valence-corrected chi connectivity index (χ4v) is 4.12. The predicted molar refractivity (Wildman–Crippen MR) is 124 cm³/mol. The van der Waals surface area contributed by atoms with Crippen LogP contribution in [0.1, 0.15) is 6.42 Å². The molecule has 0 saturated carbocycles. The number of fused-ring (bicyclic) bond motifs is 1. The Kier molecular flexibility index (Phi) is 7.91. The Balaban J connectivity index is 1.32. The summed E-state index contributed by atoms with van der Waals surface area (Å²) in [5.41, 5.74) is 0. The second-order valence-electron chi connectivity index (χ2n) is 7.05. The van der Waals surface area contributed by atoms with Crippen molar-refractivity contribution in [3.8, 4) is 5.75 Å². The van der Waals surface area contributed by atoms with Crippen molar-refractivity contribution < 1.29 is 13.2 Å². The Morgan fingerprint density at radius 2 is 1.81 bits per heavy atom. The lowest BCUT2D eigenvalue weighted by Crippen LogP contribution is -2.42. The van der Waals surface area contributed by atoms with E-state index in [1.807, 2.05) is 24.3 Å². The molecule has 1 heterocycles. The summed E-state index contributed by atoms with van der Waals surface area (Å²) in [5.74, 6) is 1.47. The molecule has 31 heavy (non-hydrogen) atoms. The van der Waals surface area contributed by atoms with Gasteiger partial charge in [-0.3, -0.25) is 4.99 Å². The normalized spacial score (nSPS) is 12.1. The van der Waals surface area contributed by atoms with Crippen molar-refractivity contribution in [3.05, 3.63) is 60.9 Å². The number of aryl methyl sites for hydroxylation is 1. The summed E-state index contributed by atoms with van der Waals surface area (Å²) in [4.78, 5) is 4.40. The van der Waals surface area contributed by atoms with Crippen LogP contribution in [0.3, 0.4) is 0 Å². The van der Waals surface area contributed by atoms with Gasteiger partial charge in [0.25, 0.3) is 0 Å². The number of aromatic nitrogens is 1. The number of aliphatic imine (C=N–C) groups is 1. The minimum Gasteiger partial charge on any atom is -0.494 e. The van der Waals surface area contributed by atoms with E-state index in [0.717, 1.165) is 17.6 Å². The molecule has 1 aromatic heterocycles. The van der Waals surface area contributed by atoms with Gasteiger partial charge in [-0.05, 0) is 35.4 Å². The Bertz CT molecular complexity index is 1120. The summed E-state index contributed by atoms with van der Waals surface area (Å²) in [6.45, 7) is 1.94. The van der Waals surface area contributed by atoms with Crippen LogP contribution in [0.15, 0.2) is 70.8 Å². The summed E-state index contributed by atoms with van der Waals surface area (Å²) >= 11 is 0. The summed E-state index contributed by atoms with van der Waals surface area (Å²) in [6, 6.07) is 15.8. The third-order valence-corrected chi connectivity index (χ3v) is 6.10. The first-order valence-electron chi connectivity index (χ1n) is 10.2. The Morgan fingerprint density at radius 1 is 1.03 bits per heavy atom. The molecule has 9 heteroatoms. The molecule has 8 nitrogen and oxygen atoms in total. The third-order valence-electron chi connectivity index (χ3n) is 4.65. The fraction of sp³-hybridized carbons (Fsp3) is 0.318. The summed E-state index contributed by atoms with van der Waals surface area (Å²) < 4.78 is 34.5. The van der Waals surface area contributed by atoms with Gasteiger partial charge in [0.1, 0.15) is 5.75 Å². The van der Waals surface area contributed by atoms with Gasteiger partial charge < -0.3 is 19.9 Å². The fourth-order valence-electron chi connectivity index (χ4n) is 3.03. The molecule has 0 bridgehead atoms. The zero-order valence-corrected chi connectivity index (χ0v) is 18.7. The molecule has 0 spiro atoms. The number of nitrogens with zero attached hydrogens (tertiary/aromatic N) is 2. The largest absolute Gasteiger partial charge is 0.494 e. The molecule has 0 aliphatic carbocycles. The minimum atomic E-state index is -3.50. The molecule has 3 aromatic rings. The van der Waals surface area contributed by atoms with Gasteiger partial charge in [0.15, 0.2) is 5.96 Å². The standard InChI is InChI=1S/C22H29N5O3S/c1-23-22(25-12-13-26-31(28,29)21-10-14-27(2)17-21)24-11-5-15-30-20-9-8-18-6-3-4-7-19(18)16-20/h3-4,6-10,14,16-17,26H,5,11-13,15H2,1-2H3,(H2,23,24,25). The molecule has 0 fully saturated rings. The minimum absolute atomic E-state index is 0.253. The van der Waals surface area contributed by atoms with Crippen LogP contribution in [-0.2, 0) is 17.1 Å². The van der Waals surface area contributed by atoms with Crippen LogP contribution in [-0.4, -0.2) is 52.2 Å². The van der Waals surface area contributed by atoms with Gasteiger partial charge in [-0.2, -0.15) is 0 Å². The zero-order valence-electron chi connectivity index (χ0n) is 17.8. The average molecular weight is 444 g/mol. The highest BCUT2D eigenvalue weighted by Gasteiger charge is 2.14. The Morgan fingerprint density at radius 3 is 2.55 bits per heavy atom. The number of nitrogens with one attached hydrogen (secondary N) is 3. The monoisotopic (exact) mass is 443 g/mol. The van der Waals surface area contributed by atoms with Crippen molar-refractivity contribution in [2.45, 2.75) is 11.3 Å². The van der Waals surface area contributed by atoms with Gasteiger partial charge in [-0.1, -0.05) is 30.3 Å². The van der Waals surface area contributed by atoms with Crippen molar-refractivity contribution in [2.24, 2.45) is 12.0 Å². The highest BCUT2D eigenvalue weighted by atomic mass is 32.2. The van der Waals surface area contributed by atoms with E-state index < -0.39 is 10.0 Å². The lowest BCUT2D eigenvalue weighted by molar-refractivity contribution is 0.311. The molecule has 0 radical (unpaired) electrons. The number of guanidine groups is 1. The van der Waals surface area contributed by atoms with Crippen LogP contribution in [0.2, 0.25) is 0 Å². The Labute approximate surface area is 183 Å². The van der Waals surface area contributed by atoms with E-state index in [2.05, 4.69) is 38.5 Å². The van der Waals surface area contributed by atoms with Crippen LogP contribution >= 0.6 is 0 Å². The number of rotatable bonds is 10. The quantitative estimate of drug-likeness (QED) is 0.253. The molecule has 0 saturated heterocycles. The maximum absolute atomic E-state index is 12.2. The first kappa shape index (κ1) is 22.6. The van der Waals surface area contributed by atoms with E-state index in [-0.39, 0.29) is 11.4 Å². The molecule has 2 aromatic carbocycles. The van der Waals surface area contributed by atoms with Gasteiger partial charge in [0.2, 0.25) is 10.0 Å². The van der Waals surface area contributed by atoms with Gasteiger partial charge in [0.05, 0.1) is 11.5 Å². The van der Waals surface area contributed by atoms with Crippen molar-refractivity contribution in [1.82, 2.24) is 19.9 Å². The SMILES string of the molecule is CN=C(NCCCOc1ccc2ccccc2c1)NCCNS(=O)(=O)c1ccn(C)c1. The number of benzene rings is 2. The second-order valence-corrected chi connectivity index (χ2v) is 8.81. The highest BCUT2D eigenvalue weighted by Crippen LogP contribution is 2.20. The van der Waals surface area contributed by atoms with Crippen LogP contribution in [0.25, 0.3) is 10.8 Å². The summed E-state index contributed by atoms with van der Waals surface area (Å²) in [5, 5.41) is 8.64. The second kappa shape index (κ2) is 10.8. The molecule has 0 amide bonds. The molecule has 0 aliphatic heterocycles. The van der Waals surface area contributed by atoms with Gasteiger partial charge in [0, 0.05) is 46.1 Å². The van der Waals surface area contributed by atoms with Crippen LogP contribution in [0, 0.1) is 0 Å². The molecular weight excluding hydrogens is 414 g/mol. The van der Waals surface area contributed by atoms with E-state index in [9.17, 15) is 8.42 Å². The smallest absolute Gasteiger partial charge is 0.242 e. The molecule has 166 valence electrons. The van der Waals surface area contributed by atoms with Crippen LogP contribution in [0.4, 0.5) is 0 Å². The van der Waals surface area contributed by atoms with Gasteiger partial charge in [-0.25, -0.2) is 13.1 Å². The van der Waals surface area contributed by atoms with E-state index in [1.165, 1.54) is 5.39 Å². The molecule has 3 N–H and O–H groups in total. The lowest BCUT2D eigenvalue weighted by Gasteiger charge is -2.13. The molecule has 0 atom stereocenters. The van der Waals surface area contributed by atoms with Crippen molar-refractivity contribution in [1.29, 1.82) is 0 Å². The zero-order chi connectivity index (χ0) is 22.1. The average Bonchev–Trinajstić information content (AvgIpc) is 3.22. The molecule has 3 rings (SSSR count). The van der Waals surface area contributed by atoms with E-state index in [4.69, 9.17) is 4.74 Å². The topological polar surface area (TPSA) is 96.8 Å². The highest BCUT2D eigenvalue weighted by molar-refractivity contribution is 7.89. The molecular formula is C22H29N5O3S. The first-order chi connectivity index (χ1) is 15.0. The third kappa shape index (κ3) is 6.73. The van der Waals surface area contributed by atoms with E-state index in [0.29, 0.717) is 25.7 Å². The number of sulfonamides is 1. The number of hydrogen-bond donors (Lipinski definition) is 3. The number of ether oxygens (including phenoxy) is 1. The van der Waals surface area contributed by atoms with Crippen LogP contribution < -0.4 is 20.1 Å². The lowest BCUT2D eigenvalue weighted by atomic mass is 10.1. The van der Waals surface area contributed by atoms with Crippen molar-refractivity contribution in [3.63, 3.8) is 0 Å². The van der Waals surface area contributed by atoms with E-state index in [1.54, 1.807) is 37.1 Å². The van der Waals surface area contributed by atoms with Gasteiger partial charge >= 0.3 is 0 Å². The Hall–Kier alpha value is -3.04. The maximum Gasteiger partial charge on any atom is 0.242 e. The summed E-state index contributed by atoms with van der Waals surface area (Å²) in [6.07, 6.45) is 4.06. The predicted octanol–water partition coefficient (Wildman–Crippen LogP) is 2.09. The van der Waals surface area contributed by atoms with Crippen LogP contribution in [0.5, 0.6) is 5.75 Å². The first-order valence-corrected chi connectivity index (χ1v) is 11.6. The van der Waals surface area contributed by atoms with Crippen molar-refractivity contribution >= 4 is 26.8 Å². The maximum atomic E-state index is 12.2.